The smallest absolute Gasteiger partial charge is 0.410 e. The summed E-state index contributed by atoms with van der Waals surface area (Å²) >= 11 is 6.00. The standard InChI is InChI=1S/C26H35ClFN5O4/c1-25(2,3)37-24(34)33-11-5-9-26(8-4-7-18(26)33)16-36-23-30-20-17(15-29-21(27)19(20)28)22(31-23)32-10-6-13-35-14-12-32/h15,18H,4-14,16H2,1-3H3/t18-,26-/m1/s1. The molecule has 1 amide bonds. The zero-order valence-corrected chi connectivity index (χ0v) is 22.5. The molecule has 2 aliphatic heterocycles. The van der Waals surface area contributed by atoms with Crippen LogP contribution in [0.15, 0.2) is 6.20 Å². The lowest BCUT2D eigenvalue weighted by atomic mass is 9.75. The number of hydrogen-bond acceptors (Lipinski definition) is 8. The second-order valence-corrected chi connectivity index (χ2v) is 11.6. The van der Waals surface area contributed by atoms with Gasteiger partial charge in [0, 0.05) is 43.9 Å². The number of hydrogen-bond donors (Lipinski definition) is 0. The van der Waals surface area contributed by atoms with Crippen molar-refractivity contribution in [3.05, 3.63) is 17.2 Å². The number of rotatable bonds is 4. The van der Waals surface area contributed by atoms with Gasteiger partial charge in [0.2, 0.25) is 0 Å². The lowest BCUT2D eigenvalue weighted by Crippen LogP contribution is -2.55. The third-order valence-corrected chi connectivity index (χ3v) is 7.81. The van der Waals surface area contributed by atoms with Crippen molar-refractivity contribution in [1.82, 2.24) is 19.9 Å². The van der Waals surface area contributed by atoms with Crippen molar-refractivity contribution in [2.24, 2.45) is 5.41 Å². The summed E-state index contributed by atoms with van der Waals surface area (Å²) < 4.78 is 32.6. The van der Waals surface area contributed by atoms with Crippen molar-refractivity contribution in [2.45, 2.75) is 70.9 Å². The fraction of sp³-hybridized carbons (Fsp3) is 0.692. The fourth-order valence-corrected chi connectivity index (χ4v) is 6.04. The second-order valence-electron chi connectivity index (χ2n) is 11.2. The highest BCUT2D eigenvalue weighted by atomic mass is 35.5. The predicted octanol–water partition coefficient (Wildman–Crippen LogP) is 4.99. The first-order valence-electron chi connectivity index (χ1n) is 13.1. The molecule has 0 N–H and O–H groups in total. The average Bonchev–Trinajstić information content (AvgIpc) is 3.10. The zero-order valence-electron chi connectivity index (χ0n) is 21.8. The van der Waals surface area contributed by atoms with Crippen LogP contribution in [-0.2, 0) is 9.47 Å². The lowest BCUT2D eigenvalue weighted by Gasteiger charge is -2.46. The molecule has 3 aliphatic rings. The van der Waals surface area contributed by atoms with E-state index < -0.39 is 11.4 Å². The van der Waals surface area contributed by atoms with E-state index in [1.54, 1.807) is 0 Å². The molecule has 0 unspecified atom stereocenters. The molecule has 202 valence electrons. The normalized spacial score (nSPS) is 24.6. The number of amides is 1. The van der Waals surface area contributed by atoms with Gasteiger partial charge in [-0.15, -0.1) is 0 Å². The maximum atomic E-state index is 15.0. The Kier molecular flexibility index (Phi) is 7.33. The van der Waals surface area contributed by atoms with Crippen LogP contribution in [0.5, 0.6) is 6.01 Å². The third kappa shape index (κ3) is 5.41. The average molecular weight is 536 g/mol. The minimum Gasteiger partial charge on any atom is -0.463 e. The van der Waals surface area contributed by atoms with Gasteiger partial charge in [-0.3, -0.25) is 0 Å². The summed E-state index contributed by atoms with van der Waals surface area (Å²) in [5.74, 6) is -0.127. The number of ether oxygens (including phenoxy) is 3. The molecule has 1 aliphatic carbocycles. The first-order valence-corrected chi connectivity index (χ1v) is 13.5. The van der Waals surface area contributed by atoms with E-state index in [4.69, 9.17) is 30.8 Å². The third-order valence-electron chi connectivity index (χ3n) is 7.55. The van der Waals surface area contributed by atoms with Crippen LogP contribution in [0.3, 0.4) is 0 Å². The summed E-state index contributed by atoms with van der Waals surface area (Å²) in [4.78, 5) is 30.1. The van der Waals surface area contributed by atoms with Gasteiger partial charge in [0.1, 0.15) is 16.9 Å². The van der Waals surface area contributed by atoms with Crippen LogP contribution < -0.4 is 9.64 Å². The number of pyridine rings is 1. The number of anilines is 1. The van der Waals surface area contributed by atoms with Crippen molar-refractivity contribution in [3.8, 4) is 6.01 Å². The highest BCUT2D eigenvalue weighted by molar-refractivity contribution is 6.30. The van der Waals surface area contributed by atoms with Gasteiger partial charge < -0.3 is 24.0 Å². The maximum Gasteiger partial charge on any atom is 0.410 e. The van der Waals surface area contributed by atoms with Gasteiger partial charge in [-0.25, -0.2) is 14.2 Å². The minimum absolute atomic E-state index is 0.0224. The molecule has 2 atom stereocenters. The van der Waals surface area contributed by atoms with E-state index in [1.165, 1.54) is 6.20 Å². The molecule has 11 heteroatoms. The van der Waals surface area contributed by atoms with E-state index in [1.807, 2.05) is 25.7 Å². The van der Waals surface area contributed by atoms with Crippen molar-refractivity contribution in [1.29, 1.82) is 0 Å². The molecule has 1 saturated carbocycles. The molecule has 3 fully saturated rings. The van der Waals surface area contributed by atoms with E-state index >= 15 is 4.39 Å². The SMILES string of the molecule is CC(C)(C)OC(=O)N1CCC[C@@]2(COc3nc(N4CCCOCC4)c4cnc(Cl)c(F)c4n3)CCC[C@@H]12. The second kappa shape index (κ2) is 10.4. The van der Waals surface area contributed by atoms with Crippen molar-refractivity contribution in [3.63, 3.8) is 0 Å². The first-order chi connectivity index (χ1) is 17.7. The van der Waals surface area contributed by atoms with Gasteiger partial charge >= 0.3 is 12.1 Å². The quantitative estimate of drug-likeness (QED) is 0.506. The van der Waals surface area contributed by atoms with Gasteiger partial charge in [0.15, 0.2) is 11.0 Å². The molecule has 5 rings (SSSR count). The van der Waals surface area contributed by atoms with Crippen molar-refractivity contribution in [2.75, 3.05) is 44.4 Å². The number of piperidine rings is 1. The van der Waals surface area contributed by atoms with E-state index in [-0.39, 0.29) is 34.2 Å². The Hall–Kier alpha value is -2.46. The van der Waals surface area contributed by atoms with Crippen LogP contribution in [0, 0.1) is 11.2 Å². The summed E-state index contributed by atoms with van der Waals surface area (Å²) in [5.41, 5.74) is -0.691. The van der Waals surface area contributed by atoms with E-state index in [2.05, 4.69) is 14.9 Å². The Morgan fingerprint density at radius 1 is 1.19 bits per heavy atom. The van der Waals surface area contributed by atoms with E-state index in [0.29, 0.717) is 50.7 Å². The molecule has 2 saturated heterocycles. The maximum absolute atomic E-state index is 15.0. The molecule has 2 aromatic heterocycles. The molecule has 0 radical (unpaired) electrons. The molecule has 37 heavy (non-hydrogen) atoms. The molecule has 0 aromatic carbocycles. The Balaban J connectivity index is 1.43. The van der Waals surface area contributed by atoms with Crippen LogP contribution >= 0.6 is 11.6 Å². The van der Waals surface area contributed by atoms with Crippen molar-refractivity contribution >= 4 is 34.4 Å². The Morgan fingerprint density at radius 3 is 2.81 bits per heavy atom. The largest absolute Gasteiger partial charge is 0.463 e. The molecular formula is C26H35ClFN5O4. The first kappa shape index (κ1) is 26.2. The van der Waals surface area contributed by atoms with Crippen LogP contribution in [-0.4, -0.2) is 77.0 Å². The van der Waals surface area contributed by atoms with Gasteiger partial charge in [-0.2, -0.15) is 9.97 Å². The predicted molar refractivity (Wildman–Crippen MR) is 138 cm³/mol. The van der Waals surface area contributed by atoms with Crippen LogP contribution in [0.4, 0.5) is 15.0 Å². The molecule has 9 nitrogen and oxygen atoms in total. The number of carbonyl (C=O) groups excluding carboxylic acids is 1. The highest BCUT2D eigenvalue weighted by Gasteiger charge is 2.50. The number of carbonyl (C=O) groups is 1. The summed E-state index contributed by atoms with van der Waals surface area (Å²) in [6.45, 7) is 9.20. The summed E-state index contributed by atoms with van der Waals surface area (Å²) in [7, 11) is 0. The number of likely N-dealkylation sites (tertiary alicyclic amines) is 1. The number of aromatic nitrogens is 3. The lowest BCUT2D eigenvalue weighted by molar-refractivity contribution is -0.0282. The molecule has 4 heterocycles. The Morgan fingerprint density at radius 2 is 2.00 bits per heavy atom. The highest BCUT2D eigenvalue weighted by Crippen LogP contribution is 2.48. The topological polar surface area (TPSA) is 89.9 Å². The summed E-state index contributed by atoms with van der Waals surface area (Å²) in [6.07, 6.45) is 6.70. The number of fused-ring (bicyclic) bond motifs is 2. The Bertz CT molecular complexity index is 1150. The number of nitrogens with zero attached hydrogens (tertiary/aromatic N) is 5. The Labute approximate surface area is 221 Å². The van der Waals surface area contributed by atoms with Crippen LogP contribution in [0.2, 0.25) is 5.15 Å². The molecule has 2 aromatic rings. The fourth-order valence-electron chi connectivity index (χ4n) is 5.91. The van der Waals surface area contributed by atoms with Gasteiger partial charge in [-0.1, -0.05) is 18.0 Å². The molecule has 0 bridgehead atoms. The van der Waals surface area contributed by atoms with Gasteiger partial charge in [0.05, 0.1) is 18.6 Å². The zero-order chi connectivity index (χ0) is 26.2. The minimum atomic E-state index is -0.690. The summed E-state index contributed by atoms with van der Waals surface area (Å²) in [5, 5.41) is 0.249. The van der Waals surface area contributed by atoms with Crippen molar-refractivity contribution < 1.29 is 23.4 Å². The number of halogens is 2. The van der Waals surface area contributed by atoms with Crippen LogP contribution in [0.1, 0.15) is 59.3 Å². The summed E-state index contributed by atoms with van der Waals surface area (Å²) in [6, 6.07) is 0.123. The molecule has 0 spiro atoms. The van der Waals surface area contributed by atoms with E-state index in [9.17, 15) is 4.79 Å². The van der Waals surface area contributed by atoms with Crippen LogP contribution in [0.25, 0.3) is 10.9 Å². The van der Waals surface area contributed by atoms with Gasteiger partial charge in [0.25, 0.3) is 0 Å². The monoisotopic (exact) mass is 535 g/mol. The molecular weight excluding hydrogens is 501 g/mol. The van der Waals surface area contributed by atoms with E-state index in [0.717, 1.165) is 38.5 Å². The van der Waals surface area contributed by atoms with Gasteiger partial charge in [-0.05, 0) is 52.9 Å².